The number of ketones is 1. The van der Waals surface area contributed by atoms with Crippen LogP contribution in [-0.4, -0.2) is 60.2 Å². The number of aryl methyl sites for hydroxylation is 1. The van der Waals surface area contributed by atoms with Crippen LogP contribution in [0.5, 0.6) is 0 Å². The average Bonchev–Trinajstić information content (AvgIpc) is 3.40. The van der Waals surface area contributed by atoms with Crippen molar-refractivity contribution in [2.45, 2.75) is 65.5 Å². The van der Waals surface area contributed by atoms with Crippen LogP contribution in [0.1, 0.15) is 74.0 Å². The van der Waals surface area contributed by atoms with Crippen molar-refractivity contribution in [3.63, 3.8) is 0 Å². The summed E-state index contributed by atoms with van der Waals surface area (Å²) in [6, 6.07) is 11.9. The predicted molar refractivity (Wildman–Crippen MR) is 158 cm³/mol. The highest BCUT2D eigenvalue weighted by molar-refractivity contribution is 6.04. The minimum Gasteiger partial charge on any atom is -0.448 e. The van der Waals surface area contributed by atoms with Crippen molar-refractivity contribution in [2.24, 2.45) is 0 Å². The van der Waals surface area contributed by atoms with Gasteiger partial charge in [-0.1, -0.05) is 25.2 Å². The molecule has 0 aromatic heterocycles. The summed E-state index contributed by atoms with van der Waals surface area (Å²) in [4.78, 5) is 37.5. The number of hydrazine groups is 1. The molecule has 0 saturated carbocycles. The number of amides is 2. The molecule has 1 saturated heterocycles. The Morgan fingerprint density at radius 2 is 1.88 bits per heavy atom. The fourth-order valence-corrected chi connectivity index (χ4v) is 4.10. The molecule has 2 aromatic carbocycles. The number of nitrogens with zero attached hydrogens (tertiary/aromatic N) is 1. The van der Waals surface area contributed by atoms with E-state index in [1.54, 1.807) is 57.2 Å². The van der Waals surface area contributed by atoms with Gasteiger partial charge in [-0.3, -0.25) is 15.5 Å². The standard InChI is InChI=1S/C31H39N5O5/c1-6-7-19-40-30(39)36-26(16-18-34-36)27(37)25-15-10-22(20-21(25)2)9-8-17-33-24-13-11-23(12-14-24)28(32)35-29(38)41-31(3,4)5/h10-15,20,26,33-34H,6-7,16-19H2,1-5H3,(H2,32,35,38). The number of Topliss-reactive ketones (excluding diaryl/α,β-unsaturated/α-hetero) is 1. The van der Waals surface area contributed by atoms with Gasteiger partial charge in [0.05, 0.1) is 13.2 Å². The van der Waals surface area contributed by atoms with Gasteiger partial charge in [-0.15, -0.1) is 0 Å². The van der Waals surface area contributed by atoms with Gasteiger partial charge >= 0.3 is 12.2 Å². The highest BCUT2D eigenvalue weighted by Gasteiger charge is 2.36. The van der Waals surface area contributed by atoms with Crippen LogP contribution in [0.4, 0.5) is 15.3 Å². The van der Waals surface area contributed by atoms with E-state index in [1.807, 2.05) is 19.9 Å². The van der Waals surface area contributed by atoms with E-state index < -0.39 is 23.8 Å². The Balaban J connectivity index is 1.53. The summed E-state index contributed by atoms with van der Waals surface area (Å²) in [7, 11) is 0. The molecule has 0 bridgehead atoms. The lowest BCUT2D eigenvalue weighted by Crippen LogP contribution is -2.46. The molecule has 1 aliphatic rings. The van der Waals surface area contributed by atoms with Crippen LogP contribution in [0.2, 0.25) is 0 Å². The smallest absolute Gasteiger partial charge is 0.424 e. The zero-order valence-corrected chi connectivity index (χ0v) is 24.3. The maximum atomic E-state index is 13.2. The third kappa shape index (κ3) is 9.36. The lowest BCUT2D eigenvalue weighted by Gasteiger charge is -2.23. The van der Waals surface area contributed by atoms with Gasteiger partial charge < -0.3 is 14.8 Å². The van der Waals surface area contributed by atoms with Crippen LogP contribution < -0.4 is 16.1 Å². The molecule has 0 aliphatic carbocycles. The predicted octanol–water partition coefficient (Wildman–Crippen LogP) is 5.01. The van der Waals surface area contributed by atoms with Crippen LogP contribution in [0.25, 0.3) is 0 Å². The van der Waals surface area contributed by atoms with Gasteiger partial charge in [-0.2, -0.15) is 0 Å². The highest BCUT2D eigenvalue weighted by atomic mass is 16.6. The van der Waals surface area contributed by atoms with E-state index in [0.717, 1.165) is 29.7 Å². The van der Waals surface area contributed by atoms with Gasteiger partial charge in [-0.05, 0) is 88.6 Å². The summed E-state index contributed by atoms with van der Waals surface area (Å²) < 4.78 is 10.5. The number of benzene rings is 2. The summed E-state index contributed by atoms with van der Waals surface area (Å²) in [5, 5.41) is 15.0. The fourth-order valence-electron chi connectivity index (χ4n) is 4.10. The minimum atomic E-state index is -0.673. The molecule has 1 atom stereocenters. The number of unbranched alkanes of at least 4 members (excludes halogenated alkanes) is 1. The van der Waals surface area contributed by atoms with E-state index in [1.165, 1.54) is 5.01 Å². The summed E-state index contributed by atoms with van der Waals surface area (Å²) in [6.07, 6.45) is 1.03. The molecule has 0 radical (unpaired) electrons. The van der Waals surface area contributed by atoms with E-state index in [2.05, 4.69) is 27.9 Å². The van der Waals surface area contributed by atoms with Crippen molar-refractivity contribution in [1.29, 1.82) is 5.41 Å². The molecule has 10 nitrogen and oxygen atoms in total. The maximum Gasteiger partial charge on any atom is 0.424 e. The number of alkyl carbamates (subject to hydrolysis) is 1. The molecule has 1 heterocycles. The van der Waals surface area contributed by atoms with Crippen molar-refractivity contribution in [1.82, 2.24) is 15.8 Å². The Labute approximate surface area is 241 Å². The number of hydrogen-bond donors (Lipinski definition) is 4. The Morgan fingerprint density at radius 3 is 2.54 bits per heavy atom. The second kappa shape index (κ2) is 14.3. The summed E-state index contributed by atoms with van der Waals surface area (Å²) in [5.74, 6) is 6.00. The van der Waals surface area contributed by atoms with Crippen LogP contribution in [0.15, 0.2) is 42.5 Å². The van der Waals surface area contributed by atoms with Crippen LogP contribution in [0.3, 0.4) is 0 Å². The van der Waals surface area contributed by atoms with Gasteiger partial charge in [0.25, 0.3) is 0 Å². The van der Waals surface area contributed by atoms with Gasteiger partial charge in [0.2, 0.25) is 0 Å². The summed E-state index contributed by atoms with van der Waals surface area (Å²) >= 11 is 0. The first kappa shape index (κ1) is 31.2. The van der Waals surface area contributed by atoms with Crippen LogP contribution in [0, 0.1) is 24.2 Å². The number of ether oxygens (including phenoxy) is 2. The third-order valence-corrected chi connectivity index (χ3v) is 6.14. The quantitative estimate of drug-likeness (QED) is 0.117. The number of rotatable bonds is 8. The van der Waals surface area contributed by atoms with E-state index in [-0.39, 0.29) is 11.6 Å². The molecule has 3 rings (SSSR count). The Morgan fingerprint density at radius 1 is 1.15 bits per heavy atom. The van der Waals surface area contributed by atoms with Gasteiger partial charge in [-0.25, -0.2) is 20.0 Å². The Kier molecular flexibility index (Phi) is 10.9. The molecule has 218 valence electrons. The van der Waals surface area contributed by atoms with E-state index in [4.69, 9.17) is 14.9 Å². The third-order valence-electron chi connectivity index (χ3n) is 6.14. The fraction of sp³-hybridized carbons (Fsp3) is 0.419. The Bertz CT molecular complexity index is 1320. The van der Waals surface area contributed by atoms with Crippen molar-refractivity contribution in [3.05, 3.63) is 64.7 Å². The molecule has 1 aliphatic heterocycles. The van der Waals surface area contributed by atoms with Gasteiger partial charge in [0.15, 0.2) is 5.78 Å². The summed E-state index contributed by atoms with van der Waals surface area (Å²) in [6.45, 7) is 10.4. The van der Waals surface area contributed by atoms with Gasteiger partial charge in [0.1, 0.15) is 17.5 Å². The second-order valence-electron chi connectivity index (χ2n) is 10.7. The Hall–Kier alpha value is -4.36. The summed E-state index contributed by atoms with van der Waals surface area (Å²) in [5.41, 5.74) is 5.80. The molecule has 2 amide bonds. The molecule has 10 heteroatoms. The van der Waals surface area contributed by atoms with Crippen molar-refractivity contribution in [3.8, 4) is 11.8 Å². The van der Waals surface area contributed by atoms with Crippen LogP contribution in [-0.2, 0) is 9.47 Å². The molecule has 1 unspecified atom stereocenters. The van der Waals surface area contributed by atoms with Crippen molar-refractivity contribution in [2.75, 3.05) is 25.0 Å². The van der Waals surface area contributed by atoms with Crippen molar-refractivity contribution < 1.29 is 23.9 Å². The monoisotopic (exact) mass is 561 g/mol. The lowest BCUT2D eigenvalue weighted by atomic mass is 9.96. The van der Waals surface area contributed by atoms with Gasteiger partial charge in [0, 0.05) is 28.9 Å². The molecule has 41 heavy (non-hydrogen) atoms. The molecule has 2 aromatic rings. The first-order valence-electron chi connectivity index (χ1n) is 13.7. The lowest BCUT2D eigenvalue weighted by molar-refractivity contribution is 0.0562. The number of carbonyl (C=O) groups is 3. The number of nitrogens with one attached hydrogen (secondary N) is 4. The molecule has 1 fully saturated rings. The molecule has 4 N–H and O–H groups in total. The van der Waals surface area contributed by atoms with Crippen LogP contribution >= 0.6 is 0 Å². The maximum absolute atomic E-state index is 13.2. The second-order valence-corrected chi connectivity index (χ2v) is 10.7. The first-order valence-corrected chi connectivity index (χ1v) is 13.7. The van der Waals surface area contributed by atoms with E-state index in [0.29, 0.717) is 37.2 Å². The normalized spacial score (nSPS) is 14.5. The molecular weight excluding hydrogens is 522 g/mol. The number of carbonyl (C=O) groups excluding carboxylic acids is 3. The van der Waals surface area contributed by atoms with E-state index in [9.17, 15) is 14.4 Å². The van der Waals surface area contributed by atoms with Crippen molar-refractivity contribution >= 4 is 29.5 Å². The first-order chi connectivity index (χ1) is 19.5. The highest BCUT2D eigenvalue weighted by Crippen LogP contribution is 2.20. The topological polar surface area (TPSA) is 133 Å². The SMILES string of the molecule is CCCCOC(=O)N1NCCC1C(=O)c1ccc(C#CCNc2ccc(C(=N)NC(=O)OC(C)(C)C)cc2)cc1C. The largest absolute Gasteiger partial charge is 0.448 e. The molecular formula is C31H39N5O5. The zero-order valence-electron chi connectivity index (χ0n) is 24.3. The zero-order chi connectivity index (χ0) is 30.0. The average molecular weight is 562 g/mol. The van der Waals surface area contributed by atoms with E-state index >= 15 is 0 Å². The molecule has 0 spiro atoms. The minimum absolute atomic E-state index is 0.0494. The number of hydrogen-bond acceptors (Lipinski definition) is 8. The number of anilines is 1. The number of amidine groups is 1.